The van der Waals surface area contributed by atoms with Crippen LogP contribution in [-0.4, -0.2) is 19.8 Å². The second-order valence-electron chi connectivity index (χ2n) is 4.28. The summed E-state index contributed by atoms with van der Waals surface area (Å²) in [5.41, 5.74) is 0. The van der Waals surface area contributed by atoms with Crippen molar-refractivity contribution in [3.63, 3.8) is 0 Å². The third-order valence-corrected chi connectivity index (χ3v) is 6.77. The van der Waals surface area contributed by atoms with E-state index >= 15 is 0 Å². The molecule has 0 bridgehead atoms. The van der Waals surface area contributed by atoms with Crippen LogP contribution in [0.1, 0.15) is 12.8 Å². The lowest BCUT2D eigenvalue weighted by Crippen LogP contribution is -2.30. The lowest BCUT2D eigenvalue weighted by atomic mass is 10.3. The van der Waals surface area contributed by atoms with Crippen LogP contribution in [-0.2, 0) is 10.0 Å². The molecule has 1 N–H and O–H groups in total. The Bertz CT molecular complexity index is 543. The first-order valence-corrected chi connectivity index (χ1v) is 9.47. The fourth-order valence-electron chi connectivity index (χ4n) is 1.57. The zero-order valence-corrected chi connectivity index (χ0v) is 14.9. The van der Waals surface area contributed by atoms with E-state index < -0.39 is 10.0 Å². The van der Waals surface area contributed by atoms with Crippen LogP contribution in [0.2, 0.25) is 0 Å². The van der Waals surface area contributed by atoms with Gasteiger partial charge in [-0.15, -0.1) is 0 Å². The summed E-state index contributed by atoms with van der Waals surface area (Å²) in [7, 11) is -3.47. The van der Waals surface area contributed by atoms with Gasteiger partial charge in [-0.3, -0.25) is 0 Å². The van der Waals surface area contributed by atoms with Crippen LogP contribution in [0, 0.1) is 5.92 Å². The van der Waals surface area contributed by atoms with Gasteiger partial charge in [-0.2, -0.15) is 0 Å². The Labute approximate surface area is 132 Å². The molecule has 3 nitrogen and oxygen atoms in total. The van der Waals surface area contributed by atoms with Crippen molar-refractivity contribution in [3.8, 4) is 0 Å². The minimum absolute atomic E-state index is 0.221. The summed E-state index contributed by atoms with van der Waals surface area (Å²) < 4.78 is 28.3. The Morgan fingerprint density at radius 1 is 1.33 bits per heavy atom. The molecule has 1 aromatic carbocycles. The van der Waals surface area contributed by atoms with Gasteiger partial charge in [0.2, 0.25) is 10.0 Å². The molecule has 2 rings (SSSR count). The van der Waals surface area contributed by atoms with Gasteiger partial charge in [-0.25, -0.2) is 13.1 Å². The summed E-state index contributed by atoms with van der Waals surface area (Å²) >= 11 is 10.1. The zero-order valence-electron chi connectivity index (χ0n) is 9.37. The first-order valence-electron chi connectivity index (χ1n) is 5.49. The maximum absolute atomic E-state index is 12.2. The van der Waals surface area contributed by atoms with Crippen molar-refractivity contribution in [2.75, 3.05) is 6.54 Å². The highest BCUT2D eigenvalue weighted by Gasteiger charge is 2.30. The van der Waals surface area contributed by atoms with Crippen LogP contribution in [0.5, 0.6) is 0 Å². The second kappa shape index (κ2) is 5.91. The first-order chi connectivity index (χ1) is 8.40. The molecule has 1 saturated carbocycles. The van der Waals surface area contributed by atoms with Crippen molar-refractivity contribution in [2.45, 2.75) is 22.6 Å². The maximum atomic E-state index is 12.2. The summed E-state index contributed by atoms with van der Waals surface area (Å²) in [6.45, 7) is 0.423. The highest BCUT2D eigenvalue weighted by atomic mass is 79.9. The van der Waals surface area contributed by atoms with E-state index in [9.17, 15) is 8.42 Å². The van der Waals surface area contributed by atoms with E-state index in [2.05, 4.69) is 52.5 Å². The Morgan fingerprint density at radius 2 is 2.00 bits per heavy atom. The van der Waals surface area contributed by atoms with Crippen molar-refractivity contribution in [1.82, 2.24) is 4.72 Å². The van der Waals surface area contributed by atoms with E-state index in [0.717, 1.165) is 4.47 Å². The molecule has 1 unspecified atom stereocenters. The normalized spacial score (nSPS) is 17.7. The molecule has 1 aliphatic carbocycles. The van der Waals surface area contributed by atoms with E-state index in [1.54, 1.807) is 18.2 Å². The Kier molecular flexibility index (Phi) is 4.91. The summed E-state index contributed by atoms with van der Waals surface area (Å²) in [5.74, 6) is 0.610. The summed E-state index contributed by atoms with van der Waals surface area (Å²) in [4.78, 5) is 0.477. The van der Waals surface area contributed by atoms with Crippen LogP contribution in [0.25, 0.3) is 0 Å². The molecule has 0 heterocycles. The minimum atomic E-state index is -3.47. The molecule has 0 amide bonds. The predicted octanol–water partition coefficient (Wildman–Crippen LogP) is 3.66. The number of hydrogen-bond acceptors (Lipinski definition) is 2. The average Bonchev–Trinajstić information content (AvgIpc) is 3.13. The van der Waals surface area contributed by atoms with Gasteiger partial charge >= 0.3 is 0 Å². The van der Waals surface area contributed by atoms with Gasteiger partial charge in [0.15, 0.2) is 0 Å². The van der Waals surface area contributed by atoms with Gasteiger partial charge in [-0.1, -0.05) is 31.9 Å². The Hall–Kier alpha value is 0.570. The van der Waals surface area contributed by atoms with Crippen LogP contribution in [0.3, 0.4) is 0 Å². The van der Waals surface area contributed by atoms with Gasteiger partial charge in [0.25, 0.3) is 0 Å². The quantitative estimate of drug-likeness (QED) is 0.680. The molecule has 0 aliphatic heterocycles. The standard InChI is InChI=1S/C11H12Br3NO2S/c12-8-3-4-9(13)11(5-8)18(16,17)15-6-10(14)7-1-2-7/h3-5,7,10,15H,1-2,6H2. The van der Waals surface area contributed by atoms with E-state index in [0.29, 0.717) is 16.9 Å². The van der Waals surface area contributed by atoms with Crippen molar-refractivity contribution in [2.24, 2.45) is 5.92 Å². The molecule has 7 heteroatoms. The third-order valence-electron chi connectivity index (χ3n) is 2.78. The number of alkyl halides is 1. The van der Waals surface area contributed by atoms with Gasteiger partial charge < -0.3 is 0 Å². The smallest absolute Gasteiger partial charge is 0.210 e. The van der Waals surface area contributed by atoms with Gasteiger partial charge in [0.05, 0.1) is 4.90 Å². The molecule has 1 aliphatic rings. The molecule has 0 spiro atoms. The number of hydrogen-bond donors (Lipinski definition) is 1. The van der Waals surface area contributed by atoms with Crippen LogP contribution in [0.4, 0.5) is 0 Å². The number of halogens is 3. The zero-order chi connectivity index (χ0) is 13.3. The second-order valence-corrected chi connectivity index (χ2v) is 8.96. The summed E-state index contributed by atoms with van der Waals surface area (Å²) in [6, 6.07) is 5.10. The minimum Gasteiger partial charge on any atom is -0.210 e. The molecule has 0 radical (unpaired) electrons. The van der Waals surface area contributed by atoms with Crippen molar-refractivity contribution < 1.29 is 8.42 Å². The molecule has 1 aromatic rings. The van der Waals surface area contributed by atoms with Gasteiger partial charge in [0, 0.05) is 20.3 Å². The number of benzene rings is 1. The third kappa shape index (κ3) is 3.79. The van der Waals surface area contributed by atoms with E-state index in [4.69, 9.17) is 0 Å². The van der Waals surface area contributed by atoms with Crippen LogP contribution < -0.4 is 4.72 Å². The maximum Gasteiger partial charge on any atom is 0.241 e. The van der Waals surface area contributed by atoms with Crippen molar-refractivity contribution in [3.05, 3.63) is 27.1 Å². The fourth-order valence-corrected chi connectivity index (χ4v) is 5.04. The highest BCUT2D eigenvalue weighted by Crippen LogP contribution is 2.36. The monoisotopic (exact) mass is 459 g/mol. The van der Waals surface area contributed by atoms with Crippen molar-refractivity contribution in [1.29, 1.82) is 0 Å². The number of rotatable bonds is 5. The molecular formula is C11H12Br3NO2S. The van der Waals surface area contributed by atoms with E-state index in [1.807, 2.05) is 0 Å². The van der Waals surface area contributed by atoms with E-state index in [-0.39, 0.29) is 9.72 Å². The van der Waals surface area contributed by atoms with Gasteiger partial charge in [0.1, 0.15) is 0 Å². The SMILES string of the molecule is O=S(=O)(NCC(Br)C1CC1)c1cc(Br)ccc1Br. The van der Waals surface area contributed by atoms with Crippen LogP contribution in [0.15, 0.2) is 32.0 Å². The molecule has 18 heavy (non-hydrogen) atoms. The molecule has 100 valence electrons. The molecule has 1 fully saturated rings. The lowest BCUT2D eigenvalue weighted by Gasteiger charge is -2.12. The Balaban J connectivity index is 2.11. The predicted molar refractivity (Wildman–Crippen MR) is 82.5 cm³/mol. The van der Waals surface area contributed by atoms with Crippen LogP contribution >= 0.6 is 47.8 Å². The number of sulfonamides is 1. The molecular weight excluding hydrogens is 450 g/mol. The summed E-state index contributed by atoms with van der Waals surface area (Å²) in [6.07, 6.45) is 2.36. The highest BCUT2D eigenvalue weighted by molar-refractivity contribution is 9.11. The first kappa shape index (κ1) is 15.0. The largest absolute Gasteiger partial charge is 0.241 e. The summed E-state index contributed by atoms with van der Waals surface area (Å²) in [5, 5.41) is 0. The number of nitrogens with one attached hydrogen (secondary N) is 1. The van der Waals surface area contributed by atoms with Gasteiger partial charge in [-0.05, 0) is 52.9 Å². The van der Waals surface area contributed by atoms with Crippen molar-refractivity contribution >= 4 is 57.8 Å². The lowest BCUT2D eigenvalue weighted by molar-refractivity contribution is 0.577. The molecule has 1 atom stereocenters. The molecule has 0 aromatic heterocycles. The Morgan fingerprint density at radius 3 is 2.61 bits per heavy atom. The average molecular weight is 462 g/mol. The molecule has 0 saturated heterocycles. The fraction of sp³-hybridized carbons (Fsp3) is 0.455. The topological polar surface area (TPSA) is 46.2 Å². The van der Waals surface area contributed by atoms with E-state index in [1.165, 1.54) is 12.8 Å².